The highest BCUT2D eigenvalue weighted by atomic mass is 16.2. The summed E-state index contributed by atoms with van der Waals surface area (Å²) < 4.78 is 0. The van der Waals surface area contributed by atoms with Crippen LogP contribution in [0.25, 0.3) is 5.57 Å². The van der Waals surface area contributed by atoms with Gasteiger partial charge in [0.2, 0.25) is 11.6 Å². The molecule has 5 atom stereocenters. The SMILES string of the molecule is CCCC1C=C(C(=O)C(=O)C(C)C)c2cc(C(=O)C3CC(C)C(Cc4ccc(C)cc4)C[C@H]3C)c(C)cc21. The summed E-state index contributed by atoms with van der Waals surface area (Å²) in [6.07, 6.45) is 6.88. The van der Waals surface area contributed by atoms with Crippen LogP contribution < -0.4 is 0 Å². The molecule has 0 amide bonds. The number of Topliss-reactive ketones (excluding diaryl/α,β-unsaturated/α-hetero) is 3. The smallest absolute Gasteiger partial charge is 0.229 e. The molecular weight excluding hydrogens is 468 g/mol. The number of benzene rings is 2. The Bertz CT molecular complexity index is 1250. The predicted octanol–water partition coefficient (Wildman–Crippen LogP) is 8.10. The van der Waals surface area contributed by atoms with Gasteiger partial charge in [-0.3, -0.25) is 14.4 Å². The van der Waals surface area contributed by atoms with Gasteiger partial charge in [0.15, 0.2) is 5.78 Å². The molecule has 38 heavy (non-hydrogen) atoms. The maximum absolute atomic E-state index is 14.0. The van der Waals surface area contributed by atoms with Crippen LogP contribution >= 0.6 is 0 Å². The van der Waals surface area contributed by atoms with Crippen LogP contribution in [0.2, 0.25) is 0 Å². The van der Waals surface area contributed by atoms with Crippen molar-refractivity contribution in [1.29, 1.82) is 0 Å². The molecule has 0 N–H and O–H groups in total. The van der Waals surface area contributed by atoms with E-state index < -0.39 is 5.78 Å². The third-order valence-electron chi connectivity index (χ3n) is 9.06. The number of hydrogen-bond acceptors (Lipinski definition) is 3. The first kappa shape index (κ1) is 28.2. The second-order valence-electron chi connectivity index (χ2n) is 12.4. The van der Waals surface area contributed by atoms with E-state index >= 15 is 0 Å². The van der Waals surface area contributed by atoms with Gasteiger partial charge in [-0.1, -0.05) is 83.0 Å². The van der Waals surface area contributed by atoms with Gasteiger partial charge >= 0.3 is 0 Å². The summed E-state index contributed by atoms with van der Waals surface area (Å²) in [5, 5.41) is 0. The van der Waals surface area contributed by atoms with E-state index in [-0.39, 0.29) is 29.3 Å². The molecule has 0 spiro atoms. The summed E-state index contributed by atoms with van der Waals surface area (Å²) in [6, 6.07) is 12.9. The van der Waals surface area contributed by atoms with Crippen molar-refractivity contribution in [3.8, 4) is 0 Å². The van der Waals surface area contributed by atoms with Crippen molar-refractivity contribution in [3.05, 3.63) is 75.9 Å². The lowest BCUT2D eigenvalue weighted by atomic mass is 9.65. The van der Waals surface area contributed by atoms with Gasteiger partial charge in [-0.2, -0.15) is 0 Å². The Kier molecular flexibility index (Phi) is 8.55. The molecule has 202 valence electrons. The maximum atomic E-state index is 14.0. The molecule has 3 nitrogen and oxygen atoms in total. The first-order valence-electron chi connectivity index (χ1n) is 14.6. The zero-order valence-corrected chi connectivity index (χ0v) is 24.3. The number of hydrogen-bond donors (Lipinski definition) is 0. The number of carbonyl (C=O) groups is 3. The lowest BCUT2D eigenvalue weighted by molar-refractivity contribution is -0.135. The topological polar surface area (TPSA) is 51.2 Å². The van der Waals surface area contributed by atoms with Crippen molar-refractivity contribution in [2.24, 2.45) is 29.6 Å². The highest BCUT2D eigenvalue weighted by molar-refractivity contribution is 6.54. The number of allylic oxidation sites excluding steroid dienone is 2. The largest absolute Gasteiger partial charge is 0.294 e. The maximum Gasteiger partial charge on any atom is 0.229 e. The van der Waals surface area contributed by atoms with E-state index in [1.165, 1.54) is 11.1 Å². The van der Waals surface area contributed by atoms with E-state index in [9.17, 15) is 14.4 Å². The van der Waals surface area contributed by atoms with E-state index in [1.807, 2.05) is 19.1 Å². The minimum Gasteiger partial charge on any atom is -0.294 e. The van der Waals surface area contributed by atoms with Crippen molar-refractivity contribution in [1.82, 2.24) is 0 Å². The highest BCUT2D eigenvalue weighted by Crippen LogP contribution is 2.44. The van der Waals surface area contributed by atoms with Gasteiger partial charge in [-0.25, -0.2) is 0 Å². The van der Waals surface area contributed by atoms with E-state index in [1.54, 1.807) is 13.8 Å². The average Bonchev–Trinajstić information content (AvgIpc) is 3.22. The Morgan fingerprint density at radius 2 is 1.63 bits per heavy atom. The van der Waals surface area contributed by atoms with Crippen molar-refractivity contribution >= 4 is 22.9 Å². The standard InChI is InChI=1S/C35H44O3/c1-8-9-26-18-32(35(38)33(36)20(2)3)31-19-29(24(7)16-30(26)31)34(37)28-15-22(5)27(14-23(28)6)17-25-12-10-21(4)11-13-25/h10-13,16,18-20,22-23,26-28H,8-9,14-15,17H2,1-7H3/t22?,23-,26?,27?,28?/m1/s1. The van der Waals surface area contributed by atoms with Gasteiger partial charge in [0, 0.05) is 28.9 Å². The van der Waals surface area contributed by atoms with Crippen LogP contribution in [0.4, 0.5) is 0 Å². The number of fused-ring (bicyclic) bond motifs is 1. The van der Waals surface area contributed by atoms with Crippen LogP contribution in [0.5, 0.6) is 0 Å². The summed E-state index contributed by atoms with van der Waals surface area (Å²) in [5.74, 6) is 0.502. The molecule has 0 heterocycles. The second-order valence-corrected chi connectivity index (χ2v) is 12.4. The summed E-state index contributed by atoms with van der Waals surface area (Å²) in [5.41, 5.74) is 6.74. The lowest BCUT2D eigenvalue weighted by Crippen LogP contribution is -2.35. The Balaban J connectivity index is 1.59. The molecule has 2 aliphatic carbocycles. The molecule has 4 rings (SSSR count). The molecule has 1 saturated carbocycles. The number of aryl methyl sites for hydroxylation is 2. The molecule has 0 bridgehead atoms. The van der Waals surface area contributed by atoms with E-state index in [0.717, 1.165) is 54.4 Å². The quantitative estimate of drug-likeness (QED) is 0.252. The average molecular weight is 513 g/mol. The molecular formula is C35H44O3. The third kappa shape index (κ3) is 5.63. The monoisotopic (exact) mass is 512 g/mol. The van der Waals surface area contributed by atoms with Gasteiger partial charge in [0.1, 0.15) is 0 Å². The molecule has 0 aliphatic heterocycles. The molecule has 3 heteroatoms. The van der Waals surface area contributed by atoms with Crippen LogP contribution in [-0.4, -0.2) is 17.3 Å². The fourth-order valence-electron chi connectivity index (χ4n) is 6.64. The molecule has 1 fully saturated rings. The van der Waals surface area contributed by atoms with Gasteiger partial charge < -0.3 is 0 Å². The second kappa shape index (κ2) is 11.5. The summed E-state index contributed by atoms with van der Waals surface area (Å²) in [6.45, 7) is 14.3. The Morgan fingerprint density at radius 1 is 0.947 bits per heavy atom. The molecule has 4 unspecified atom stereocenters. The van der Waals surface area contributed by atoms with E-state index in [0.29, 0.717) is 23.3 Å². The zero-order valence-electron chi connectivity index (χ0n) is 24.3. The van der Waals surface area contributed by atoms with Crippen molar-refractivity contribution in [3.63, 3.8) is 0 Å². The Hall–Kier alpha value is -2.81. The highest BCUT2D eigenvalue weighted by Gasteiger charge is 2.38. The fourth-order valence-corrected chi connectivity index (χ4v) is 6.64. The molecule has 0 saturated heterocycles. The van der Waals surface area contributed by atoms with E-state index in [2.05, 4.69) is 58.0 Å². The fraction of sp³-hybridized carbons (Fsp3) is 0.514. The third-order valence-corrected chi connectivity index (χ3v) is 9.06. The molecule has 2 aromatic rings. The van der Waals surface area contributed by atoms with Crippen LogP contribution in [0, 0.1) is 43.4 Å². The summed E-state index contributed by atoms with van der Waals surface area (Å²) in [4.78, 5) is 39.8. The number of ketones is 3. The molecule has 0 radical (unpaired) electrons. The minimum absolute atomic E-state index is 0.0238. The van der Waals surface area contributed by atoms with Gasteiger partial charge in [0.05, 0.1) is 0 Å². The number of rotatable bonds is 9. The lowest BCUT2D eigenvalue weighted by Gasteiger charge is -2.38. The van der Waals surface area contributed by atoms with Crippen molar-refractivity contribution in [2.45, 2.75) is 86.5 Å². The first-order valence-corrected chi connectivity index (χ1v) is 14.6. The molecule has 2 aromatic carbocycles. The predicted molar refractivity (Wildman–Crippen MR) is 155 cm³/mol. The van der Waals surface area contributed by atoms with E-state index in [4.69, 9.17) is 0 Å². The van der Waals surface area contributed by atoms with Crippen LogP contribution in [0.1, 0.15) is 104 Å². The number of carbonyl (C=O) groups excluding carboxylic acids is 3. The molecule has 2 aliphatic rings. The van der Waals surface area contributed by atoms with Crippen LogP contribution in [0.15, 0.2) is 42.5 Å². The Labute approximate surface area is 229 Å². The van der Waals surface area contributed by atoms with Gasteiger partial charge in [0.25, 0.3) is 0 Å². The van der Waals surface area contributed by atoms with Crippen LogP contribution in [0.3, 0.4) is 0 Å². The normalized spacial score (nSPS) is 24.7. The van der Waals surface area contributed by atoms with Crippen LogP contribution in [-0.2, 0) is 16.0 Å². The molecule has 0 aromatic heterocycles. The summed E-state index contributed by atoms with van der Waals surface area (Å²) >= 11 is 0. The van der Waals surface area contributed by atoms with Crippen molar-refractivity contribution < 1.29 is 14.4 Å². The zero-order chi connectivity index (χ0) is 27.7. The van der Waals surface area contributed by atoms with Crippen molar-refractivity contribution in [2.75, 3.05) is 0 Å². The Morgan fingerprint density at radius 3 is 2.26 bits per heavy atom. The first-order chi connectivity index (χ1) is 18.0. The van der Waals surface area contributed by atoms with Gasteiger partial charge in [-0.05, 0) is 85.6 Å². The summed E-state index contributed by atoms with van der Waals surface area (Å²) in [7, 11) is 0. The minimum atomic E-state index is -0.416. The van der Waals surface area contributed by atoms with Gasteiger partial charge in [-0.15, -0.1) is 0 Å².